The maximum atomic E-state index is 2.44. The van der Waals surface area contributed by atoms with E-state index in [4.69, 9.17) is 0 Å². The molecule has 0 aromatic carbocycles. The Morgan fingerprint density at radius 3 is 2.18 bits per heavy atom. The minimum atomic E-state index is 0.528. The second kappa shape index (κ2) is 2.48. The van der Waals surface area contributed by atoms with Gasteiger partial charge in [0.1, 0.15) is 0 Å². The molecule has 0 saturated carbocycles. The molecule has 1 fully saturated rings. The van der Waals surface area contributed by atoms with Crippen LogP contribution in [0.1, 0.15) is 33.6 Å². The zero-order valence-electron chi connectivity index (χ0n) is 8.65. The van der Waals surface area contributed by atoms with Crippen LogP contribution in [0.15, 0.2) is 0 Å². The monoisotopic (exact) mass is 156 g/mol. The van der Waals surface area contributed by atoms with Gasteiger partial charge in [-0.25, -0.2) is 0 Å². The molecule has 11 heavy (non-hydrogen) atoms. The quantitative estimate of drug-likeness (QED) is 0.511. The normalized spacial score (nSPS) is 42.8. The van der Waals surface area contributed by atoms with Crippen molar-refractivity contribution in [3.63, 3.8) is 0 Å². The third-order valence-electron chi connectivity index (χ3n) is 4.28. The number of likely N-dealkylation sites (tertiary alicyclic amines) is 1. The van der Waals surface area contributed by atoms with E-state index < -0.39 is 0 Å². The molecule has 0 amide bonds. The highest BCUT2D eigenvalue weighted by Crippen LogP contribution is 2.40. The highest BCUT2D eigenvalue weighted by atomic mass is 15.4. The molecule has 2 unspecified atom stereocenters. The predicted octanol–water partition coefficient (Wildman–Crippen LogP) is 2.27. The lowest BCUT2D eigenvalue weighted by Crippen LogP contribution is -2.55. The van der Waals surface area contributed by atoms with E-state index in [9.17, 15) is 0 Å². The first kappa shape index (κ1) is 9.05. The summed E-state index contributed by atoms with van der Waals surface area (Å²) in [5, 5.41) is 0. The Morgan fingerprint density at radius 1 is 1.45 bits per heavy atom. The topological polar surface area (TPSA) is 0 Å². The zero-order chi connectivity index (χ0) is 8.70. The fraction of sp³-hybridized carbons (Fsp3) is 1.00. The van der Waals surface area contributed by atoms with Gasteiger partial charge in [-0.3, -0.25) is 0 Å². The van der Waals surface area contributed by atoms with Gasteiger partial charge in [-0.05, 0) is 13.3 Å². The van der Waals surface area contributed by atoms with Gasteiger partial charge in [0.25, 0.3) is 0 Å². The van der Waals surface area contributed by atoms with Crippen molar-refractivity contribution in [2.45, 2.75) is 39.2 Å². The smallest absolute Gasteiger partial charge is 0.0985 e. The van der Waals surface area contributed by atoms with Crippen LogP contribution in [0.5, 0.6) is 0 Å². The van der Waals surface area contributed by atoms with Crippen LogP contribution in [0, 0.1) is 5.92 Å². The first-order chi connectivity index (χ1) is 4.94. The second-order valence-electron chi connectivity index (χ2n) is 4.81. The molecule has 1 rings (SSSR count). The molecule has 0 radical (unpaired) electrons. The number of quaternary nitrogens is 1. The van der Waals surface area contributed by atoms with Crippen molar-refractivity contribution in [2.24, 2.45) is 5.92 Å². The van der Waals surface area contributed by atoms with Crippen LogP contribution in [-0.4, -0.2) is 30.7 Å². The molecular weight excluding hydrogens is 134 g/mol. The van der Waals surface area contributed by atoms with Gasteiger partial charge >= 0.3 is 0 Å². The maximum absolute atomic E-state index is 2.44. The fourth-order valence-electron chi connectivity index (χ4n) is 2.46. The van der Waals surface area contributed by atoms with Crippen LogP contribution in [0.25, 0.3) is 0 Å². The summed E-state index contributed by atoms with van der Waals surface area (Å²) in [6.45, 7) is 8.51. The molecule has 1 aliphatic heterocycles. The Bertz CT molecular complexity index is 151. The van der Waals surface area contributed by atoms with Crippen molar-refractivity contribution in [2.75, 3.05) is 20.6 Å². The molecular formula is C10H22N+. The summed E-state index contributed by atoms with van der Waals surface area (Å²) in [4.78, 5) is 0. The Hall–Kier alpha value is -0.0400. The van der Waals surface area contributed by atoms with Crippen molar-refractivity contribution in [3.05, 3.63) is 0 Å². The second-order valence-corrected chi connectivity index (χ2v) is 4.81. The van der Waals surface area contributed by atoms with E-state index in [0.717, 1.165) is 5.92 Å². The third kappa shape index (κ3) is 1.10. The van der Waals surface area contributed by atoms with E-state index in [1.807, 2.05) is 0 Å². The summed E-state index contributed by atoms with van der Waals surface area (Å²) in [6, 6.07) is 0. The van der Waals surface area contributed by atoms with E-state index >= 15 is 0 Å². The average Bonchev–Trinajstić information content (AvgIpc) is 2.15. The van der Waals surface area contributed by atoms with Crippen LogP contribution >= 0.6 is 0 Å². The first-order valence-corrected chi connectivity index (χ1v) is 4.77. The Labute approximate surface area is 71.0 Å². The molecule has 1 saturated heterocycles. The van der Waals surface area contributed by atoms with Crippen LogP contribution in [0.2, 0.25) is 0 Å². The van der Waals surface area contributed by atoms with Gasteiger partial charge in [-0.15, -0.1) is 0 Å². The summed E-state index contributed by atoms with van der Waals surface area (Å²) >= 11 is 0. The molecule has 0 aromatic rings. The van der Waals surface area contributed by atoms with Gasteiger partial charge in [-0.2, -0.15) is 0 Å². The van der Waals surface area contributed by atoms with Crippen LogP contribution in [0.4, 0.5) is 0 Å². The van der Waals surface area contributed by atoms with E-state index in [2.05, 4.69) is 34.9 Å². The largest absolute Gasteiger partial charge is 0.324 e. The van der Waals surface area contributed by atoms with Crippen molar-refractivity contribution >= 4 is 0 Å². The van der Waals surface area contributed by atoms with Crippen molar-refractivity contribution in [1.82, 2.24) is 0 Å². The number of nitrogens with zero attached hydrogens (tertiary/aromatic N) is 1. The minimum absolute atomic E-state index is 0.528. The first-order valence-electron chi connectivity index (χ1n) is 4.77. The van der Waals surface area contributed by atoms with Gasteiger partial charge in [-0.1, -0.05) is 13.8 Å². The molecule has 66 valence electrons. The van der Waals surface area contributed by atoms with Gasteiger partial charge < -0.3 is 4.48 Å². The van der Waals surface area contributed by atoms with Gasteiger partial charge in [0.2, 0.25) is 0 Å². The Kier molecular flexibility index (Phi) is 2.04. The standard InChI is InChI=1S/C10H22N/c1-6-10(3)9(2)7-8-11(10,4)5/h9H,6-8H2,1-5H3/q+1. The third-order valence-corrected chi connectivity index (χ3v) is 4.28. The Balaban J connectivity index is 2.88. The Morgan fingerprint density at radius 2 is 2.00 bits per heavy atom. The zero-order valence-corrected chi connectivity index (χ0v) is 8.65. The summed E-state index contributed by atoms with van der Waals surface area (Å²) in [7, 11) is 4.74. The van der Waals surface area contributed by atoms with E-state index in [1.165, 1.54) is 23.9 Å². The molecule has 0 spiro atoms. The SMILES string of the molecule is CCC1(C)C(C)CC[N+]1(C)C. The molecule has 1 nitrogen and oxygen atoms in total. The van der Waals surface area contributed by atoms with Gasteiger partial charge in [0.15, 0.2) is 0 Å². The molecule has 1 heteroatoms. The van der Waals surface area contributed by atoms with E-state index in [0.29, 0.717) is 5.54 Å². The fourth-order valence-corrected chi connectivity index (χ4v) is 2.46. The van der Waals surface area contributed by atoms with E-state index in [1.54, 1.807) is 0 Å². The molecule has 0 aliphatic carbocycles. The highest BCUT2D eigenvalue weighted by Gasteiger charge is 2.49. The van der Waals surface area contributed by atoms with Crippen molar-refractivity contribution in [3.8, 4) is 0 Å². The molecule has 1 heterocycles. The van der Waals surface area contributed by atoms with Crippen molar-refractivity contribution < 1.29 is 4.48 Å². The van der Waals surface area contributed by atoms with Crippen LogP contribution < -0.4 is 0 Å². The van der Waals surface area contributed by atoms with Gasteiger partial charge in [0.05, 0.1) is 26.2 Å². The number of hydrogen-bond acceptors (Lipinski definition) is 0. The lowest BCUT2D eigenvalue weighted by atomic mass is 9.85. The summed E-state index contributed by atoms with van der Waals surface area (Å²) < 4.78 is 1.21. The summed E-state index contributed by atoms with van der Waals surface area (Å²) in [5.41, 5.74) is 0.528. The average molecular weight is 156 g/mol. The van der Waals surface area contributed by atoms with Crippen LogP contribution in [0.3, 0.4) is 0 Å². The van der Waals surface area contributed by atoms with Crippen molar-refractivity contribution in [1.29, 1.82) is 0 Å². The summed E-state index contributed by atoms with van der Waals surface area (Å²) in [6.07, 6.45) is 2.71. The maximum Gasteiger partial charge on any atom is 0.0985 e. The van der Waals surface area contributed by atoms with Crippen LogP contribution in [-0.2, 0) is 0 Å². The lowest BCUT2D eigenvalue weighted by Gasteiger charge is -2.42. The number of rotatable bonds is 1. The van der Waals surface area contributed by atoms with E-state index in [-0.39, 0.29) is 0 Å². The molecule has 0 aromatic heterocycles. The molecule has 2 atom stereocenters. The highest BCUT2D eigenvalue weighted by molar-refractivity contribution is 4.85. The number of hydrogen-bond donors (Lipinski definition) is 0. The van der Waals surface area contributed by atoms with Gasteiger partial charge in [0, 0.05) is 12.3 Å². The molecule has 1 aliphatic rings. The molecule has 0 N–H and O–H groups in total. The minimum Gasteiger partial charge on any atom is -0.324 e. The lowest BCUT2D eigenvalue weighted by molar-refractivity contribution is -0.929. The summed E-state index contributed by atoms with van der Waals surface area (Å²) in [5.74, 6) is 0.891. The predicted molar refractivity (Wildman–Crippen MR) is 49.5 cm³/mol. The molecule has 0 bridgehead atoms.